The fourth-order valence-electron chi connectivity index (χ4n) is 2.55. The number of rotatable bonds is 9. The number of benzene rings is 1. The molecule has 0 saturated heterocycles. The van der Waals surface area contributed by atoms with Crippen molar-refractivity contribution < 1.29 is 14.7 Å². The fraction of sp³-hybridized carbons (Fsp3) is 0.529. The van der Waals surface area contributed by atoms with Crippen LogP contribution in [-0.4, -0.2) is 17.0 Å². The SMILES string of the molecule is CC(C)CCCC(C(=O)O)[C@H](Cc1ccccc1)C(N)=O. The van der Waals surface area contributed by atoms with Crippen molar-refractivity contribution in [2.75, 3.05) is 0 Å². The van der Waals surface area contributed by atoms with Crippen LogP contribution in [0.1, 0.15) is 38.7 Å². The Hall–Kier alpha value is -1.84. The molecule has 0 saturated carbocycles. The number of aliphatic carboxylic acids is 1. The van der Waals surface area contributed by atoms with E-state index < -0.39 is 23.7 Å². The van der Waals surface area contributed by atoms with Crippen molar-refractivity contribution >= 4 is 11.9 Å². The van der Waals surface area contributed by atoms with E-state index in [0.29, 0.717) is 18.8 Å². The van der Waals surface area contributed by atoms with Gasteiger partial charge in [0, 0.05) is 0 Å². The molecule has 3 N–H and O–H groups in total. The summed E-state index contributed by atoms with van der Waals surface area (Å²) < 4.78 is 0. The van der Waals surface area contributed by atoms with Crippen LogP contribution >= 0.6 is 0 Å². The van der Waals surface area contributed by atoms with Crippen molar-refractivity contribution in [3.63, 3.8) is 0 Å². The molecule has 0 aliphatic rings. The third-order valence-corrected chi connectivity index (χ3v) is 3.76. The van der Waals surface area contributed by atoms with Crippen molar-refractivity contribution in [3.05, 3.63) is 35.9 Å². The zero-order chi connectivity index (χ0) is 15.8. The van der Waals surface area contributed by atoms with Crippen LogP contribution in [0.2, 0.25) is 0 Å². The molecule has 0 aliphatic carbocycles. The number of carbonyl (C=O) groups is 2. The van der Waals surface area contributed by atoms with E-state index >= 15 is 0 Å². The number of hydrogen-bond donors (Lipinski definition) is 2. The number of carbonyl (C=O) groups excluding carboxylic acids is 1. The van der Waals surface area contributed by atoms with Gasteiger partial charge in [-0.05, 0) is 24.3 Å². The maximum absolute atomic E-state index is 11.7. The van der Waals surface area contributed by atoms with Crippen molar-refractivity contribution in [2.45, 2.75) is 39.5 Å². The smallest absolute Gasteiger partial charge is 0.307 e. The lowest BCUT2D eigenvalue weighted by atomic mass is 9.82. The van der Waals surface area contributed by atoms with Gasteiger partial charge in [0.1, 0.15) is 0 Å². The zero-order valence-corrected chi connectivity index (χ0v) is 12.8. The van der Waals surface area contributed by atoms with Crippen LogP contribution in [0.5, 0.6) is 0 Å². The van der Waals surface area contributed by atoms with Crippen LogP contribution in [0, 0.1) is 17.8 Å². The first kappa shape index (κ1) is 17.2. The van der Waals surface area contributed by atoms with Gasteiger partial charge in [-0.1, -0.05) is 57.0 Å². The van der Waals surface area contributed by atoms with Gasteiger partial charge in [0.05, 0.1) is 11.8 Å². The highest BCUT2D eigenvalue weighted by molar-refractivity contribution is 5.83. The Balaban J connectivity index is 2.78. The molecule has 4 nitrogen and oxygen atoms in total. The molecular weight excluding hydrogens is 266 g/mol. The van der Waals surface area contributed by atoms with Crippen LogP contribution < -0.4 is 5.73 Å². The largest absolute Gasteiger partial charge is 0.481 e. The molecule has 116 valence electrons. The Kier molecular flexibility index (Phi) is 6.92. The maximum Gasteiger partial charge on any atom is 0.307 e. The van der Waals surface area contributed by atoms with E-state index in [4.69, 9.17) is 5.73 Å². The third kappa shape index (κ3) is 5.98. The number of carboxylic acid groups (broad SMARTS) is 1. The van der Waals surface area contributed by atoms with E-state index in [0.717, 1.165) is 18.4 Å². The molecule has 0 heterocycles. The second-order valence-corrected chi connectivity index (χ2v) is 5.97. The quantitative estimate of drug-likeness (QED) is 0.734. The summed E-state index contributed by atoms with van der Waals surface area (Å²) in [6.07, 6.45) is 2.64. The minimum atomic E-state index is -0.932. The summed E-state index contributed by atoms with van der Waals surface area (Å²) in [5.41, 5.74) is 6.39. The summed E-state index contributed by atoms with van der Waals surface area (Å²) in [6, 6.07) is 9.43. The van der Waals surface area contributed by atoms with E-state index in [1.54, 1.807) is 0 Å². The molecule has 0 aliphatic heterocycles. The number of nitrogens with two attached hydrogens (primary N) is 1. The van der Waals surface area contributed by atoms with E-state index in [2.05, 4.69) is 13.8 Å². The van der Waals surface area contributed by atoms with Gasteiger partial charge >= 0.3 is 5.97 Å². The van der Waals surface area contributed by atoms with Crippen molar-refractivity contribution in [1.29, 1.82) is 0 Å². The summed E-state index contributed by atoms with van der Waals surface area (Å²) in [6.45, 7) is 4.20. The highest BCUT2D eigenvalue weighted by Gasteiger charge is 2.32. The second-order valence-electron chi connectivity index (χ2n) is 5.97. The predicted molar refractivity (Wildman–Crippen MR) is 82.6 cm³/mol. The van der Waals surface area contributed by atoms with Gasteiger partial charge in [-0.15, -0.1) is 0 Å². The Morgan fingerprint density at radius 2 is 1.71 bits per heavy atom. The number of primary amides is 1. The molecule has 0 radical (unpaired) electrons. The number of amides is 1. The monoisotopic (exact) mass is 291 g/mol. The Morgan fingerprint density at radius 1 is 1.10 bits per heavy atom. The maximum atomic E-state index is 11.7. The normalized spacial score (nSPS) is 13.9. The summed E-state index contributed by atoms with van der Waals surface area (Å²) in [4.78, 5) is 23.2. The second kappa shape index (κ2) is 8.45. The van der Waals surface area contributed by atoms with Gasteiger partial charge < -0.3 is 10.8 Å². The fourth-order valence-corrected chi connectivity index (χ4v) is 2.55. The van der Waals surface area contributed by atoms with E-state index in [9.17, 15) is 14.7 Å². The average Bonchev–Trinajstić information content (AvgIpc) is 2.42. The molecule has 0 fully saturated rings. The van der Waals surface area contributed by atoms with Gasteiger partial charge in [-0.2, -0.15) is 0 Å². The van der Waals surface area contributed by atoms with Gasteiger partial charge in [0.25, 0.3) is 0 Å². The van der Waals surface area contributed by atoms with E-state index in [1.807, 2.05) is 30.3 Å². The lowest BCUT2D eigenvalue weighted by molar-refractivity contribution is -0.147. The molecule has 2 atom stereocenters. The summed E-state index contributed by atoms with van der Waals surface area (Å²) in [5, 5.41) is 9.43. The predicted octanol–water partition coefficient (Wildman–Crippen LogP) is 2.86. The van der Waals surface area contributed by atoms with Crippen LogP contribution in [-0.2, 0) is 16.0 Å². The molecule has 21 heavy (non-hydrogen) atoms. The van der Waals surface area contributed by atoms with Gasteiger partial charge in [0.15, 0.2) is 0 Å². The van der Waals surface area contributed by atoms with Crippen molar-refractivity contribution in [3.8, 4) is 0 Å². The van der Waals surface area contributed by atoms with Crippen LogP contribution in [0.25, 0.3) is 0 Å². The van der Waals surface area contributed by atoms with Gasteiger partial charge in [0.2, 0.25) is 5.91 Å². The first-order valence-corrected chi connectivity index (χ1v) is 7.47. The van der Waals surface area contributed by atoms with Gasteiger partial charge in [-0.3, -0.25) is 9.59 Å². The topological polar surface area (TPSA) is 80.4 Å². The molecule has 4 heteroatoms. The molecule has 0 spiro atoms. The Labute approximate surface area is 126 Å². The first-order chi connectivity index (χ1) is 9.91. The summed E-state index contributed by atoms with van der Waals surface area (Å²) in [5.74, 6) is -2.30. The summed E-state index contributed by atoms with van der Waals surface area (Å²) >= 11 is 0. The third-order valence-electron chi connectivity index (χ3n) is 3.76. The minimum Gasteiger partial charge on any atom is -0.481 e. The average molecular weight is 291 g/mol. The molecule has 0 aromatic heterocycles. The minimum absolute atomic E-state index is 0.384. The molecular formula is C17H25NO3. The molecule has 1 unspecified atom stereocenters. The lowest BCUT2D eigenvalue weighted by Gasteiger charge is -2.21. The standard InChI is InChI=1S/C17H25NO3/c1-12(2)7-6-10-14(17(20)21)15(16(18)19)11-13-8-4-3-5-9-13/h3-5,8-9,12,14-15H,6-7,10-11H2,1-2H3,(H2,18,19)(H,20,21)/t14?,15-/m0/s1. The van der Waals surface area contributed by atoms with Crippen LogP contribution in [0.4, 0.5) is 0 Å². The Morgan fingerprint density at radius 3 is 2.19 bits per heavy atom. The molecule has 0 bridgehead atoms. The van der Waals surface area contributed by atoms with Crippen LogP contribution in [0.15, 0.2) is 30.3 Å². The lowest BCUT2D eigenvalue weighted by Crippen LogP contribution is -2.36. The Bertz CT molecular complexity index is 456. The number of hydrogen-bond acceptors (Lipinski definition) is 2. The molecule has 1 aromatic carbocycles. The number of carboxylic acids is 1. The first-order valence-electron chi connectivity index (χ1n) is 7.47. The van der Waals surface area contributed by atoms with E-state index in [-0.39, 0.29) is 0 Å². The van der Waals surface area contributed by atoms with E-state index in [1.165, 1.54) is 0 Å². The van der Waals surface area contributed by atoms with Crippen LogP contribution in [0.3, 0.4) is 0 Å². The summed E-state index contributed by atoms with van der Waals surface area (Å²) in [7, 11) is 0. The highest BCUT2D eigenvalue weighted by atomic mass is 16.4. The van der Waals surface area contributed by atoms with Crippen molar-refractivity contribution in [2.24, 2.45) is 23.5 Å². The zero-order valence-electron chi connectivity index (χ0n) is 12.8. The molecule has 1 amide bonds. The van der Waals surface area contributed by atoms with Crippen molar-refractivity contribution in [1.82, 2.24) is 0 Å². The molecule has 1 aromatic rings. The molecule has 1 rings (SSSR count). The van der Waals surface area contributed by atoms with Gasteiger partial charge in [-0.25, -0.2) is 0 Å². The highest BCUT2D eigenvalue weighted by Crippen LogP contribution is 2.24.